The standard InChI is InChI=1S/C23H23O2P/c1-19(18-23(24)25-2)26(20-12-6-3-7-13-20,21-14-8-4-9-15-21)22-16-10-5-11-17-22/h3-18,26H,1-2H3/b19-18-. The van der Waals surface area contributed by atoms with Crippen molar-refractivity contribution >= 4 is 29.1 Å². The Morgan fingerprint density at radius 3 is 1.38 bits per heavy atom. The first-order chi connectivity index (χ1) is 12.7. The first-order valence-electron chi connectivity index (χ1n) is 8.63. The molecule has 0 unspecified atom stereocenters. The van der Waals surface area contributed by atoms with E-state index in [4.69, 9.17) is 4.74 Å². The maximum atomic E-state index is 12.1. The van der Waals surface area contributed by atoms with Gasteiger partial charge in [-0.05, 0) is 0 Å². The number of carbonyl (C=O) groups excluding carboxylic acids is 1. The summed E-state index contributed by atoms with van der Waals surface area (Å²) in [6.45, 7) is 2.05. The quantitative estimate of drug-likeness (QED) is 0.392. The normalized spacial score (nSPS) is 12.5. The van der Waals surface area contributed by atoms with Gasteiger partial charge in [-0.1, -0.05) is 0 Å². The predicted molar refractivity (Wildman–Crippen MR) is 112 cm³/mol. The van der Waals surface area contributed by atoms with Gasteiger partial charge in [0, 0.05) is 0 Å². The maximum absolute atomic E-state index is 12.1. The van der Waals surface area contributed by atoms with Crippen LogP contribution in [0.5, 0.6) is 0 Å². The van der Waals surface area contributed by atoms with E-state index in [-0.39, 0.29) is 5.97 Å². The Kier molecular flexibility index (Phi) is 5.65. The fourth-order valence-electron chi connectivity index (χ4n) is 3.59. The monoisotopic (exact) mass is 362 g/mol. The van der Waals surface area contributed by atoms with Gasteiger partial charge in [-0.15, -0.1) is 0 Å². The van der Waals surface area contributed by atoms with E-state index in [0.29, 0.717) is 0 Å². The Bertz CT molecular complexity index is 791. The third-order valence-corrected chi connectivity index (χ3v) is 9.67. The molecule has 3 aromatic rings. The van der Waals surface area contributed by atoms with Crippen LogP contribution in [-0.4, -0.2) is 13.1 Å². The molecule has 0 saturated heterocycles. The van der Waals surface area contributed by atoms with Crippen molar-refractivity contribution in [3.8, 4) is 0 Å². The van der Waals surface area contributed by atoms with Gasteiger partial charge in [0.25, 0.3) is 0 Å². The van der Waals surface area contributed by atoms with Crippen molar-refractivity contribution in [2.45, 2.75) is 6.92 Å². The number of allylic oxidation sites excluding steroid dienone is 1. The SMILES string of the molecule is COC(=O)/C=C(/C)[PH](c1ccccc1)(c1ccccc1)c1ccccc1. The van der Waals surface area contributed by atoms with E-state index in [0.717, 1.165) is 5.31 Å². The van der Waals surface area contributed by atoms with Gasteiger partial charge in [-0.25, -0.2) is 0 Å². The number of benzene rings is 3. The third kappa shape index (κ3) is 3.34. The molecule has 0 heterocycles. The molecule has 0 aliphatic carbocycles. The van der Waals surface area contributed by atoms with E-state index in [2.05, 4.69) is 79.7 Å². The average molecular weight is 362 g/mol. The molecule has 3 rings (SSSR count). The van der Waals surface area contributed by atoms with E-state index < -0.39 is 7.26 Å². The predicted octanol–water partition coefficient (Wildman–Crippen LogP) is 3.79. The van der Waals surface area contributed by atoms with Crippen molar-refractivity contribution in [2.24, 2.45) is 0 Å². The van der Waals surface area contributed by atoms with Crippen LogP contribution in [-0.2, 0) is 9.53 Å². The van der Waals surface area contributed by atoms with Crippen LogP contribution in [0.3, 0.4) is 0 Å². The molecule has 0 aliphatic rings. The number of hydrogen-bond acceptors (Lipinski definition) is 2. The second-order valence-corrected chi connectivity index (χ2v) is 10.2. The zero-order valence-electron chi connectivity index (χ0n) is 15.1. The zero-order chi connectivity index (χ0) is 18.4. The van der Waals surface area contributed by atoms with Gasteiger partial charge in [0.05, 0.1) is 0 Å². The van der Waals surface area contributed by atoms with E-state index in [1.165, 1.54) is 23.0 Å². The van der Waals surface area contributed by atoms with Crippen molar-refractivity contribution in [1.82, 2.24) is 0 Å². The Morgan fingerprint density at radius 2 is 1.08 bits per heavy atom. The summed E-state index contributed by atoms with van der Waals surface area (Å²) in [6, 6.07) is 31.5. The van der Waals surface area contributed by atoms with Crippen molar-refractivity contribution < 1.29 is 9.53 Å². The fourth-order valence-corrected chi connectivity index (χ4v) is 8.37. The molecular weight excluding hydrogens is 339 g/mol. The van der Waals surface area contributed by atoms with E-state index in [9.17, 15) is 4.79 Å². The Hall–Kier alpha value is -2.70. The van der Waals surface area contributed by atoms with Gasteiger partial charge in [0.1, 0.15) is 0 Å². The van der Waals surface area contributed by atoms with Crippen molar-refractivity contribution in [2.75, 3.05) is 7.11 Å². The number of ether oxygens (including phenoxy) is 1. The van der Waals surface area contributed by atoms with Gasteiger partial charge in [-0.2, -0.15) is 0 Å². The molecule has 0 radical (unpaired) electrons. The van der Waals surface area contributed by atoms with E-state index in [1.54, 1.807) is 6.08 Å². The van der Waals surface area contributed by atoms with Crippen LogP contribution in [0.1, 0.15) is 6.92 Å². The summed E-state index contributed by atoms with van der Waals surface area (Å²) >= 11 is 0. The topological polar surface area (TPSA) is 26.3 Å². The number of hydrogen-bond donors (Lipinski definition) is 0. The number of methoxy groups -OCH3 is 1. The summed E-state index contributed by atoms with van der Waals surface area (Å²) in [7, 11) is -1.13. The first kappa shape index (κ1) is 18.1. The summed E-state index contributed by atoms with van der Waals surface area (Å²) in [5.41, 5.74) is 0. The molecule has 3 heteroatoms. The molecule has 2 nitrogen and oxygen atoms in total. The van der Waals surface area contributed by atoms with Gasteiger partial charge in [0.15, 0.2) is 0 Å². The van der Waals surface area contributed by atoms with Gasteiger partial charge in [-0.3, -0.25) is 0 Å². The van der Waals surface area contributed by atoms with E-state index >= 15 is 0 Å². The second kappa shape index (κ2) is 8.12. The molecule has 0 amide bonds. The molecule has 0 atom stereocenters. The van der Waals surface area contributed by atoms with Crippen LogP contribution in [0.25, 0.3) is 0 Å². The second-order valence-electron chi connectivity index (χ2n) is 6.20. The van der Waals surface area contributed by atoms with Crippen LogP contribution >= 0.6 is 7.26 Å². The zero-order valence-corrected chi connectivity index (χ0v) is 16.1. The summed E-state index contributed by atoms with van der Waals surface area (Å²) < 4.78 is 4.93. The number of carbonyl (C=O) groups is 1. The number of esters is 1. The van der Waals surface area contributed by atoms with Crippen LogP contribution in [0.4, 0.5) is 0 Å². The van der Waals surface area contributed by atoms with Crippen molar-refractivity contribution in [3.63, 3.8) is 0 Å². The molecule has 0 N–H and O–H groups in total. The van der Waals surface area contributed by atoms with Gasteiger partial charge >= 0.3 is 155 Å². The molecule has 0 aliphatic heterocycles. The first-order valence-corrected chi connectivity index (χ1v) is 10.6. The summed E-state index contributed by atoms with van der Waals surface area (Å²) in [6.07, 6.45) is 1.65. The van der Waals surface area contributed by atoms with Crippen LogP contribution < -0.4 is 15.9 Å². The van der Waals surface area contributed by atoms with E-state index in [1.807, 2.05) is 18.2 Å². The molecule has 132 valence electrons. The molecule has 0 spiro atoms. The summed E-state index contributed by atoms with van der Waals surface area (Å²) in [5, 5.41) is 4.79. The molecular formula is C23H23O2P. The van der Waals surface area contributed by atoms with Crippen molar-refractivity contribution in [1.29, 1.82) is 0 Å². The van der Waals surface area contributed by atoms with Gasteiger partial charge < -0.3 is 0 Å². The Balaban J connectivity index is 2.39. The molecule has 0 saturated carbocycles. The van der Waals surface area contributed by atoms with Crippen LogP contribution in [0, 0.1) is 0 Å². The Labute approximate surface area is 155 Å². The molecule has 26 heavy (non-hydrogen) atoms. The molecule has 0 aromatic heterocycles. The fraction of sp³-hybridized carbons (Fsp3) is 0.0870. The molecule has 3 aromatic carbocycles. The summed E-state index contributed by atoms with van der Waals surface area (Å²) in [4.78, 5) is 12.1. The van der Waals surface area contributed by atoms with Crippen LogP contribution in [0.2, 0.25) is 0 Å². The summed E-state index contributed by atoms with van der Waals surface area (Å²) in [5.74, 6) is -0.317. The molecule has 0 bridgehead atoms. The molecule has 0 fully saturated rings. The minimum atomic E-state index is -2.55. The average Bonchev–Trinajstić information content (AvgIpc) is 2.71. The van der Waals surface area contributed by atoms with Crippen LogP contribution in [0.15, 0.2) is 102 Å². The number of rotatable bonds is 5. The van der Waals surface area contributed by atoms with Gasteiger partial charge in [0.2, 0.25) is 0 Å². The van der Waals surface area contributed by atoms with Crippen molar-refractivity contribution in [3.05, 3.63) is 102 Å². The third-order valence-electron chi connectivity index (χ3n) is 4.75. The Morgan fingerprint density at radius 1 is 0.731 bits per heavy atom. The minimum absolute atomic E-state index is 0.317.